The fourth-order valence-electron chi connectivity index (χ4n) is 0.429. The third kappa shape index (κ3) is 6.47. The molecule has 86 valence electrons. The Labute approximate surface area is 86.2 Å². The predicted octanol–water partition coefficient (Wildman–Crippen LogP) is -0.900. The Morgan fingerprint density at radius 1 is 1.53 bits per heavy atom. The van der Waals surface area contributed by atoms with Crippen molar-refractivity contribution in [3.63, 3.8) is 0 Å². The molecule has 0 aliphatic rings. The molecule has 0 spiro atoms. The van der Waals surface area contributed by atoms with Crippen LogP contribution in [0, 0.1) is 0 Å². The number of carbonyl (C=O) groups excluding carboxylic acids is 2. The van der Waals surface area contributed by atoms with Crippen LogP contribution in [0.1, 0.15) is 6.92 Å². The van der Waals surface area contributed by atoms with Crippen LogP contribution in [0.3, 0.4) is 0 Å². The molecular weight excluding hydrogens is 206 g/mol. The molecule has 0 rings (SSSR count). The van der Waals surface area contributed by atoms with Gasteiger partial charge in [-0.25, -0.2) is 9.59 Å². The molecule has 0 aliphatic heterocycles. The van der Waals surface area contributed by atoms with Crippen molar-refractivity contribution in [1.29, 1.82) is 0 Å². The van der Waals surface area contributed by atoms with Crippen molar-refractivity contribution in [3.8, 4) is 0 Å². The van der Waals surface area contributed by atoms with Crippen molar-refractivity contribution >= 4 is 12.1 Å². The molecule has 7 heteroatoms. The summed E-state index contributed by atoms with van der Waals surface area (Å²) in [7, 11) is 0. The van der Waals surface area contributed by atoms with E-state index in [1.54, 1.807) is 5.48 Å². The Hall–Kier alpha value is -1.60. The van der Waals surface area contributed by atoms with Crippen molar-refractivity contribution in [2.24, 2.45) is 0 Å². The van der Waals surface area contributed by atoms with Gasteiger partial charge in [0, 0.05) is 5.57 Å². The monoisotopic (exact) mass is 219 g/mol. The number of aliphatic hydroxyl groups excluding tert-OH is 2. The molecule has 0 saturated heterocycles. The Morgan fingerprint density at radius 2 is 2.13 bits per heavy atom. The molecule has 0 radical (unpaired) electrons. The maximum Gasteiger partial charge on any atom is 0.440 e. The molecule has 0 aromatic rings. The van der Waals surface area contributed by atoms with E-state index in [0.717, 1.165) is 0 Å². The van der Waals surface area contributed by atoms with E-state index in [1.165, 1.54) is 6.92 Å². The van der Waals surface area contributed by atoms with Crippen LogP contribution in [0.4, 0.5) is 4.79 Å². The maximum atomic E-state index is 10.8. The van der Waals surface area contributed by atoms with Gasteiger partial charge in [0.15, 0.2) is 0 Å². The second kappa shape index (κ2) is 6.80. The summed E-state index contributed by atoms with van der Waals surface area (Å²) in [6.07, 6.45) is -2.20. The molecule has 0 fully saturated rings. The van der Waals surface area contributed by atoms with Crippen LogP contribution in [0.25, 0.3) is 0 Å². The summed E-state index contributed by atoms with van der Waals surface area (Å²) >= 11 is 0. The summed E-state index contributed by atoms with van der Waals surface area (Å²) in [6.45, 7) is 3.76. The highest BCUT2D eigenvalue weighted by molar-refractivity contribution is 5.87. The van der Waals surface area contributed by atoms with E-state index in [-0.39, 0.29) is 5.57 Å². The van der Waals surface area contributed by atoms with Crippen LogP contribution in [0.5, 0.6) is 0 Å². The number of nitrogens with one attached hydrogen (secondary N) is 1. The summed E-state index contributed by atoms with van der Waals surface area (Å²) < 4.78 is 4.36. The molecular formula is C8H13NO6. The standard InChI is InChI=1S/C8H13NO6/c1-5(2)7(12)15-9-8(13)14-4-6(11)3-10/h6,10-11H,1,3-4H2,2H3,(H,9,13). The van der Waals surface area contributed by atoms with E-state index in [2.05, 4.69) is 16.2 Å². The zero-order chi connectivity index (χ0) is 11.8. The molecule has 0 heterocycles. The fraction of sp³-hybridized carbons (Fsp3) is 0.500. The van der Waals surface area contributed by atoms with Crippen molar-refractivity contribution in [1.82, 2.24) is 5.48 Å². The first-order chi connectivity index (χ1) is 6.97. The molecule has 0 saturated carbocycles. The number of ether oxygens (including phenoxy) is 1. The Kier molecular flexibility index (Phi) is 6.07. The minimum atomic E-state index is -1.16. The highest BCUT2D eigenvalue weighted by atomic mass is 16.7. The number of hydroxylamine groups is 1. The van der Waals surface area contributed by atoms with E-state index < -0.39 is 31.4 Å². The average Bonchev–Trinajstić information content (AvgIpc) is 2.21. The first kappa shape index (κ1) is 13.4. The smallest absolute Gasteiger partial charge is 0.440 e. The first-order valence-corrected chi connectivity index (χ1v) is 4.05. The van der Waals surface area contributed by atoms with Crippen LogP contribution in [-0.2, 0) is 14.4 Å². The van der Waals surface area contributed by atoms with Gasteiger partial charge in [-0.15, -0.1) is 5.48 Å². The molecule has 3 N–H and O–H groups in total. The second-order valence-electron chi connectivity index (χ2n) is 2.71. The zero-order valence-electron chi connectivity index (χ0n) is 8.23. The van der Waals surface area contributed by atoms with Crippen LogP contribution in [-0.4, -0.2) is 41.6 Å². The molecule has 0 aliphatic carbocycles. The summed E-state index contributed by atoms with van der Waals surface area (Å²) in [4.78, 5) is 25.7. The number of amides is 1. The highest BCUT2D eigenvalue weighted by Gasteiger charge is 2.10. The molecule has 1 atom stereocenters. The lowest BCUT2D eigenvalue weighted by molar-refractivity contribution is -0.145. The van der Waals surface area contributed by atoms with Gasteiger partial charge in [-0.2, -0.15) is 0 Å². The largest absolute Gasteiger partial charge is 0.445 e. The van der Waals surface area contributed by atoms with Gasteiger partial charge in [0.25, 0.3) is 0 Å². The first-order valence-electron chi connectivity index (χ1n) is 4.05. The molecule has 7 nitrogen and oxygen atoms in total. The van der Waals surface area contributed by atoms with E-state index in [0.29, 0.717) is 0 Å². The quantitative estimate of drug-likeness (QED) is 0.418. The van der Waals surface area contributed by atoms with E-state index in [9.17, 15) is 9.59 Å². The van der Waals surface area contributed by atoms with Gasteiger partial charge in [-0.3, -0.25) is 0 Å². The van der Waals surface area contributed by atoms with Gasteiger partial charge in [-0.05, 0) is 6.92 Å². The van der Waals surface area contributed by atoms with Gasteiger partial charge in [0.05, 0.1) is 6.61 Å². The lowest BCUT2D eigenvalue weighted by Gasteiger charge is -2.09. The van der Waals surface area contributed by atoms with E-state index in [1.807, 2.05) is 0 Å². The normalized spacial score (nSPS) is 11.4. The Morgan fingerprint density at radius 3 is 2.60 bits per heavy atom. The predicted molar refractivity (Wildman–Crippen MR) is 48.5 cm³/mol. The van der Waals surface area contributed by atoms with E-state index >= 15 is 0 Å². The molecule has 0 bridgehead atoms. The number of rotatable bonds is 4. The number of hydrogen-bond donors (Lipinski definition) is 3. The summed E-state index contributed by atoms with van der Waals surface area (Å²) in [6, 6.07) is 0. The summed E-state index contributed by atoms with van der Waals surface area (Å²) in [5.74, 6) is -0.797. The lowest BCUT2D eigenvalue weighted by Crippen LogP contribution is -2.31. The second-order valence-corrected chi connectivity index (χ2v) is 2.71. The van der Waals surface area contributed by atoms with Crippen LogP contribution >= 0.6 is 0 Å². The van der Waals surface area contributed by atoms with Gasteiger partial charge in [-0.1, -0.05) is 6.58 Å². The maximum absolute atomic E-state index is 10.8. The van der Waals surface area contributed by atoms with Crippen molar-refractivity contribution in [2.45, 2.75) is 13.0 Å². The third-order valence-corrected chi connectivity index (χ3v) is 1.19. The molecule has 15 heavy (non-hydrogen) atoms. The molecule has 0 aromatic carbocycles. The van der Waals surface area contributed by atoms with Crippen molar-refractivity contribution < 1.29 is 29.4 Å². The lowest BCUT2D eigenvalue weighted by atomic mass is 10.4. The number of carbonyl (C=O) groups is 2. The number of aliphatic hydroxyl groups is 2. The third-order valence-electron chi connectivity index (χ3n) is 1.19. The van der Waals surface area contributed by atoms with Gasteiger partial charge >= 0.3 is 12.1 Å². The van der Waals surface area contributed by atoms with Crippen LogP contribution < -0.4 is 5.48 Å². The van der Waals surface area contributed by atoms with Crippen molar-refractivity contribution in [3.05, 3.63) is 12.2 Å². The molecule has 0 aromatic heterocycles. The van der Waals surface area contributed by atoms with Gasteiger partial charge in [0.1, 0.15) is 12.7 Å². The van der Waals surface area contributed by atoms with Gasteiger partial charge in [0.2, 0.25) is 0 Å². The highest BCUT2D eigenvalue weighted by Crippen LogP contribution is 1.90. The minimum Gasteiger partial charge on any atom is -0.445 e. The van der Waals surface area contributed by atoms with Crippen molar-refractivity contribution in [2.75, 3.05) is 13.2 Å². The minimum absolute atomic E-state index is 0.116. The summed E-state index contributed by atoms with van der Waals surface area (Å²) in [5.41, 5.74) is 1.80. The molecule has 1 unspecified atom stereocenters. The van der Waals surface area contributed by atoms with Crippen LogP contribution in [0.2, 0.25) is 0 Å². The fourth-order valence-corrected chi connectivity index (χ4v) is 0.429. The van der Waals surface area contributed by atoms with Gasteiger partial charge < -0.3 is 19.8 Å². The SMILES string of the molecule is C=C(C)C(=O)ONC(=O)OCC(O)CO. The van der Waals surface area contributed by atoms with Crippen LogP contribution in [0.15, 0.2) is 12.2 Å². The Bertz CT molecular complexity index is 252. The Balaban J connectivity index is 3.67. The zero-order valence-corrected chi connectivity index (χ0v) is 8.23. The number of hydrogen-bond acceptors (Lipinski definition) is 6. The molecule has 1 amide bonds. The topological polar surface area (TPSA) is 105 Å². The average molecular weight is 219 g/mol. The van der Waals surface area contributed by atoms with E-state index in [4.69, 9.17) is 10.2 Å². The summed E-state index contributed by atoms with van der Waals surface area (Å²) in [5, 5.41) is 17.2.